The first-order valence-corrected chi connectivity index (χ1v) is 9.37. The topological polar surface area (TPSA) is 37.4 Å². The van der Waals surface area contributed by atoms with Gasteiger partial charge in [-0.05, 0) is 42.0 Å². The average Bonchev–Trinajstić information content (AvgIpc) is 2.60. The minimum Gasteiger partial charge on any atom is -0.207 e. The van der Waals surface area contributed by atoms with E-state index in [1.807, 2.05) is 48.5 Å². The van der Waals surface area contributed by atoms with Gasteiger partial charge in [0.2, 0.25) is 10.0 Å². The van der Waals surface area contributed by atoms with Crippen molar-refractivity contribution in [3.05, 3.63) is 76.7 Å². The summed E-state index contributed by atoms with van der Waals surface area (Å²) in [6, 6.07) is 17.6. The van der Waals surface area contributed by atoms with Crippen LogP contribution in [0.1, 0.15) is 35.6 Å². The van der Waals surface area contributed by atoms with E-state index in [4.69, 9.17) is 0 Å². The summed E-state index contributed by atoms with van der Waals surface area (Å²) in [6.45, 7) is 0. The Kier molecular flexibility index (Phi) is 4.64. The Morgan fingerprint density at radius 3 is 2.52 bits per heavy atom. The molecular formula is C19H21NO2S. The van der Waals surface area contributed by atoms with Gasteiger partial charge < -0.3 is 0 Å². The maximum absolute atomic E-state index is 12.7. The van der Waals surface area contributed by atoms with E-state index in [1.165, 1.54) is 15.3 Å². The minimum absolute atomic E-state index is 0.0784. The van der Waals surface area contributed by atoms with Crippen molar-refractivity contribution in [3.8, 4) is 0 Å². The van der Waals surface area contributed by atoms with Crippen LogP contribution in [0.15, 0.2) is 60.0 Å². The van der Waals surface area contributed by atoms with Gasteiger partial charge in [-0.2, -0.15) is 4.31 Å². The second-order valence-corrected chi connectivity index (χ2v) is 7.76. The molecule has 1 aliphatic rings. The number of rotatable bonds is 4. The fourth-order valence-corrected chi connectivity index (χ4v) is 4.20. The van der Waals surface area contributed by atoms with Gasteiger partial charge in [0.25, 0.3) is 0 Å². The third kappa shape index (κ3) is 3.54. The lowest BCUT2D eigenvalue weighted by atomic mass is 9.88. The van der Waals surface area contributed by atoms with Crippen molar-refractivity contribution < 1.29 is 8.42 Å². The van der Waals surface area contributed by atoms with Crippen LogP contribution in [-0.2, 0) is 16.4 Å². The largest absolute Gasteiger partial charge is 0.236 e. The molecule has 0 amide bonds. The van der Waals surface area contributed by atoms with Crippen molar-refractivity contribution in [2.75, 3.05) is 7.05 Å². The normalized spacial score (nSPS) is 18.3. The molecule has 0 saturated carbocycles. The lowest BCUT2D eigenvalue weighted by Crippen LogP contribution is -2.32. The zero-order chi connectivity index (χ0) is 16.3. The molecule has 0 spiro atoms. The zero-order valence-electron chi connectivity index (χ0n) is 13.2. The van der Waals surface area contributed by atoms with Crippen molar-refractivity contribution in [3.63, 3.8) is 0 Å². The molecule has 0 N–H and O–H groups in total. The lowest BCUT2D eigenvalue weighted by Gasteiger charge is -2.31. The summed E-state index contributed by atoms with van der Waals surface area (Å²) in [5.41, 5.74) is 3.28. The van der Waals surface area contributed by atoms with E-state index in [0.29, 0.717) is 0 Å². The lowest BCUT2D eigenvalue weighted by molar-refractivity contribution is 0.341. The van der Waals surface area contributed by atoms with Gasteiger partial charge >= 0.3 is 0 Å². The number of aryl methyl sites for hydroxylation is 1. The quantitative estimate of drug-likeness (QED) is 0.851. The Hall–Kier alpha value is -1.91. The van der Waals surface area contributed by atoms with Crippen LogP contribution in [0.25, 0.3) is 6.08 Å². The van der Waals surface area contributed by atoms with Gasteiger partial charge in [0.15, 0.2) is 0 Å². The molecule has 120 valence electrons. The molecule has 2 aromatic carbocycles. The highest BCUT2D eigenvalue weighted by atomic mass is 32.2. The molecule has 3 nitrogen and oxygen atoms in total. The van der Waals surface area contributed by atoms with Gasteiger partial charge in [-0.25, -0.2) is 8.42 Å². The SMILES string of the molecule is CN([C@@H]1CCCc2ccccc21)S(=O)(=O)/C=C/c1ccccc1. The summed E-state index contributed by atoms with van der Waals surface area (Å²) in [7, 11) is -1.77. The van der Waals surface area contributed by atoms with Crippen molar-refractivity contribution in [1.29, 1.82) is 0 Å². The van der Waals surface area contributed by atoms with Crippen LogP contribution in [0.2, 0.25) is 0 Å². The zero-order valence-corrected chi connectivity index (χ0v) is 14.0. The summed E-state index contributed by atoms with van der Waals surface area (Å²) >= 11 is 0. The van der Waals surface area contributed by atoms with Crippen molar-refractivity contribution in [1.82, 2.24) is 4.31 Å². The minimum atomic E-state index is -3.45. The van der Waals surface area contributed by atoms with Gasteiger partial charge in [-0.3, -0.25) is 0 Å². The second kappa shape index (κ2) is 6.69. The third-order valence-corrected chi connectivity index (χ3v) is 5.95. The van der Waals surface area contributed by atoms with Crippen LogP contribution in [0, 0.1) is 0 Å². The average molecular weight is 327 g/mol. The maximum Gasteiger partial charge on any atom is 0.236 e. The van der Waals surface area contributed by atoms with Gasteiger partial charge in [0.1, 0.15) is 0 Å². The van der Waals surface area contributed by atoms with Crippen LogP contribution in [0.5, 0.6) is 0 Å². The number of hydrogen-bond donors (Lipinski definition) is 0. The molecule has 1 atom stereocenters. The third-order valence-electron chi connectivity index (χ3n) is 4.41. The first kappa shape index (κ1) is 16.0. The molecular weight excluding hydrogens is 306 g/mol. The summed E-state index contributed by atoms with van der Waals surface area (Å²) in [4.78, 5) is 0. The molecule has 23 heavy (non-hydrogen) atoms. The summed E-state index contributed by atoms with van der Waals surface area (Å²) in [5.74, 6) is 0. The fourth-order valence-electron chi connectivity index (χ4n) is 3.11. The summed E-state index contributed by atoms with van der Waals surface area (Å²) < 4.78 is 26.8. The monoisotopic (exact) mass is 327 g/mol. The first-order valence-electron chi connectivity index (χ1n) is 7.87. The van der Waals surface area contributed by atoms with Crippen LogP contribution in [0.4, 0.5) is 0 Å². The predicted molar refractivity (Wildman–Crippen MR) is 94.3 cm³/mol. The highest BCUT2D eigenvalue weighted by Gasteiger charge is 2.29. The molecule has 0 aliphatic heterocycles. The molecule has 1 aliphatic carbocycles. The van der Waals surface area contributed by atoms with Crippen LogP contribution >= 0.6 is 0 Å². The van der Waals surface area contributed by atoms with E-state index < -0.39 is 10.0 Å². The van der Waals surface area contributed by atoms with E-state index in [0.717, 1.165) is 30.4 Å². The van der Waals surface area contributed by atoms with Gasteiger partial charge in [0, 0.05) is 18.5 Å². The highest BCUT2D eigenvalue weighted by molar-refractivity contribution is 7.92. The Morgan fingerprint density at radius 1 is 1.04 bits per heavy atom. The number of hydrogen-bond acceptors (Lipinski definition) is 2. The molecule has 3 rings (SSSR count). The fraction of sp³-hybridized carbons (Fsp3) is 0.263. The van der Waals surface area contributed by atoms with Crippen LogP contribution in [0.3, 0.4) is 0 Å². The number of fused-ring (bicyclic) bond motifs is 1. The molecule has 4 heteroatoms. The highest BCUT2D eigenvalue weighted by Crippen LogP contribution is 2.35. The smallest absolute Gasteiger partial charge is 0.207 e. The number of nitrogens with zero attached hydrogens (tertiary/aromatic N) is 1. The van der Waals surface area contributed by atoms with E-state index >= 15 is 0 Å². The van der Waals surface area contributed by atoms with Gasteiger partial charge in [-0.15, -0.1) is 0 Å². The Morgan fingerprint density at radius 2 is 1.74 bits per heavy atom. The van der Waals surface area contributed by atoms with E-state index in [9.17, 15) is 8.42 Å². The molecule has 0 saturated heterocycles. The van der Waals surface area contributed by atoms with Crippen LogP contribution in [-0.4, -0.2) is 19.8 Å². The Balaban J connectivity index is 1.85. The molecule has 0 radical (unpaired) electrons. The Labute approximate surface area is 138 Å². The molecule has 0 fully saturated rings. The second-order valence-electron chi connectivity index (χ2n) is 5.88. The van der Waals surface area contributed by atoms with E-state index in [2.05, 4.69) is 6.07 Å². The van der Waals surface area contributed by atoms with Gasteiger partial charge in [0.05, 0.1) is 0 Å². The predicted octanol–water partition coefficient (Wildman–Crippen LogP) is 4.00. The van der Waals surface area contributed by atoms with Crippen molar-refractivity contribution >= 4 is 16.1 Å². The molecule has 0 aromatic heterocycles. The molecule has 0 bridgehead atoms. The van der Waals surface area contributed by atoms with E-state index in [-0.39, 0.29) is 6.04 Å². The summed E-state index contributed by atoms with van der Waals surface area (Å²) in [5, 5.41) is 1.31. The van der Waals surface area contributed by atoms with Crippen molar-refractivity contribution in [2.45, 2.75) is 25.3 Å². The molecule has 2 aromatic rings. The number of sulfonamides is 1. The first-order chi connectivity index (χ1) is 11.1. The Bertz CT molecular complexity index is 797. The summed E-state index contributed by atoms with van der Waals surface area (Å²) in [6.07, 6.45) is 4.57. The van der Waals surface area contributed by atoms with Crippen LogP contribution < -0.4 is 0 Å². The standard InChI is InChI=1S/C19H21NO2S/c1-20(19-13-7-11-17-10-5-6-12-18(17)19)23(21,22)15-14-16-8-3-2-4-9-16/h2-6,8-10,12,14-15,19H,7,11,13H2,1H3/b15-14+/t19-/m1/s1. The maximum atomic E-state index is 12.7. The van der Waals surface area contributed by atoms with Crippen molar-refractivity contribution in [2.24, 2.45) is 0 Å². The van der Waals surface area contributed by atoms with E-state index in [1.54, 1.807) is 13.1 Å². The molecule has 0 heterocycles. The van der Waals surface area contributed by atoms with Gasteiger partial charge in [-0.1, -0.05) is 54.6 Å². The molecule has 0 unspecified atom stereocenters. The number of benzene rings is 2.